The molecule has 0 spiro atoms. The Bertz CT molecular complexity index is 417. The lowest BCUT2D eigenvalue weighted by atomic mass is 10.1. The number of ether oxygens (including phenoxy) is 1. The maximum absolute atomic E-state index is 6.08. The molecule has 0 amide bonds. The van der Waals surface area contributed by atoms with Crippen molar-refractivity contribution in [2.24, 2.45) is 10.7 Å². The Balaban J connectivity index is 3.11. The zero-order valence-corrected chi connectivity index (χ0v) is 10.4. The van der Waals surface area contributed by atoms with Crippen molar-refractivity contribution in [3.8, 4) is 5.75 Å². The summed E-state index contributed by atoms with van der Waals surface area (Å²) in [6.45, 7) is 1.75. The van der Waals surface area contributed by atoms with Gasteiger partial charge in [-0.2, -0.15) is 0 Å². The molecule has 0 atom stereocenters. The largest absolute Gasteiger partial charge is 0.497 e. The van der Waals surface area contributed by atoms with Crippen LogP contribution in [0.25, 0.3) is 0 Å². The minimum absolute atomic E-state index is 0.479. The molecule has 0 saturated carbocycles. The first-order valence-electron chi connectivity index (χ1n) is 4.83. The molecular weight excluding hydrogens is 224 g/mol. The van der Waals surface area contributed by atoms with Crippen LogP contribution in [0.15, 0.2) is 40.0 Å². The quantitative estimate of drug-likeness (QED) is 0.823. The second kappa shape index (κ2) is 5.56. The van der Waals surface area contributed by atoms with Gasteiger partial charge in [-0.15, -0.1) is 0 Å². The Morgan fingerprint density at radius 2 is 1.88 bits per heavy atom. The second-order valence-corrected chi connectivity index (χ2v) is 3.68. The first-order valence-corrected chi connectivity index (χ1v) is 5.21. The number of hydrogen-bond acceptors (Lipinski definition) is 3. The van der Waals surface area contributed by atoms with Crippen LogP contribution in [-0.2, 0) is 0 Å². The van der Waals surface area contributed by atoms with E-state index in [1.54, 1.807) is 21.1 Å². The highest BCUT2D eigenvalue weighted by atomic mass is 35.5. The molecule has 16 heavy (non-hydrogen) atoms. The van der Waals surface area contributed by atoms with Crippen LogP contribution in [0.5, 0.6) is 5.75 Å². The topological polar surface area (TPSA) is 47.6 Å². The van der Waals surface area contributed by atoms with Crippen LogP contribution < -0.4 is 10.5 Å². The summed E-state index contributed by atoms with van der Waals surface area (Å²) in [6, 6.07) is 7.51. The molecular formula is C12H15ClN2O. The molecule has 0 fully saturated rings. The molecule has 0 aliphatic carbocycles. The Morgan fingerprint density at radius 1 is 1.31 bits per heavy atom. The fourth-order valence-corrected chi connectivity index (χ4v) is 1.48. The highest BCUT2D eigenvalue weighted by Gasteiger charge is 2.08. The van der Waals surface area contributed by atoms with Crippen LogP contribution in [0.2, 0.25) is 0 Å². The second-order valence-electron chi connectivity index (χ2n) is 3.30. The lowest BCUT2D eigenvalue weighted by Gasteiger charge is -2.07. The van der Waals surface area contributed by atoms with Crippen molar-refractivity contribution in [1.82, 2.24) is 0 Å². The minimum atomic E-state index is 0.479. The van der Waals surface area contributed by atoms with Gasteiger partial charge in [-0.25, -0.2) is 0 Å². The zero-order chi connectivity index (χ0) is 12.1. The summed E-state index contributed by atoms with van der Waals surface area (Å²) in [5.41, 5.74) is 7.80. The van der Waals surface area contributed by atoms with Gasteiger partial charge in [0.15, 0.2) is 0 Å². The number of nitrogens with zero attached hydrogens (tertiary/aromatic N) is 1. The molecule has 1 rings (SSSR count). The van der Waals surface area contributed by atoms with Crippen LogP contribution in [-0.4, -0.2) is 19.9 Å². The Hall–Kier alpha value is -1.48. The van der Waals surface area contributed by atoms with Gasteiger partial charge in [0, 0.05) is 18.3 Å². The predicted molar refractivity (Wildman–Crippen MR) is 68.2 cm³/mol. The van der Waals surface area contributed by atoms with E-state index in [0.29, 0.717) is 16.4 Å². The van der Waals surface area contributed by atoms with Crippen LogP contribution in [0.4, 0.5) is 0 Å². The van der Waals surface area contributed by atoms with E-state index in [0.717, 1.165) is 11.3 Å². The normalized spacial score (nSPS) is 13.4. The van der Waals surface area contributed by atoms with Crippen LogP contribution >= 0.6 is 11.6 Å². The van der Waals surface area contributed by atoms with Crippen molar-refractivity contribution < 1.29 is 4.74 Å². The third kappa shape index (κ3) is 2.76. The molecule has 0 aliphatic heterocycles. The summed E-state index contributed by atoms with van der Waals surface area (Å²) in [4.78, 5) is 4.14. The molecule has 1 aromatic rings. The van der Waals surface area contributed by atoms with Gasteiger partial charge in [0.1, 0.15) is 5.75 Å². The van der Waals surface area contributed by atoms with E-state index < -0.39 is 0 Å². The molecule has 86 valence electrons. The van der Waals surface area contributed by atoms with E-state index in [2.05, 4.69) is 4.99 Å². The minimum Gasteiger partial charge on any atom is -0.497 e. The number of halogens is 1. The summed E-state index contributed by atoms with van der Waals surface area (Å²) < 4.78 is 5.08. The van der Waals surface area contributed by atoms with Gasteiger partial charge >= 0.3 is 0 Å². The van der Waals surface area contributed by atoms with Crippen molar-refractivity contribution in [1.29, 1.82) is 0 Å². The van der Waals surface area contributed by atoms with E-state index >= 15 is 0 Å². The van der Waals surface area contributed by atoms with Gasteiger partial charge in [-0.05, 0) is 31.2 Å². The predicted octanol–water partition coefficient (Wildman–Crippen LogP) is 2.54. The van der Waals surface area contributed by atoms with E-state index in [4.69, 9.17) is 22.1 Å². The zero-order valence-electron chi connectivity index (χ0n) is 9.62. The molecule has 0 aromatic heterocycles. The van der Waals surface area contributed by atoms with Crippen LogP contribution in [0.3, 0.4) is 0 Å². The van der Waals surface area contributed by atoms with Gasteiger partial charge in [0.2, 0.25) is 0 Å². The van der Waals surface area contributed by atoms with E-state index in [1.165, 1.54) is 0 Å². The highest BCUT2D eigenvalue weighted by Crippen LogP contribution is 2.18. The number of benzene rings is 1. The van der Waals surface area contributed by atoms with E-state index in [-0.39, 0.29) is 0 Å². The molecule has 1 aromatic carbocycles. The first-order chi connectivity index (χ1) is 7.60. The molecule has 2 N–H and O–H groups in total. The summed E-state index contributed by atoms with van der Waals surface area (Å²) in [6.07, 6.45) is 0. The third-order valence-electron chi connectivity index (χ3n) is 2.14. The molecule has 0 unspecified atom stereocenters. The number of allylic oxidation sites excluding steroid dienone is 2. The molecule has 0 bridgehead atoms. The molecule has 0 aliphatic rings. The summed E-state index contributed by atoms with van der Waals surface area (Å²) in [5, 5.41) is 0.479. The Morgan fingerprint density at radius 3 is 2.25 bits per heavy atom. The van der Waals surface area contributed by atoms with Crippen molar-refractivity contribution in [2.45, 2.75) is 6.92 Å². The van der Waals surface area contributed by atoms with Gasteiger partial charge in [-0.1, -0.05) is 11.6 Å². The molecule has 4 heteroatoms. The summed E-state index contributed by atoms with van der Waals surface area (Å²) in [5.74, 6) is 0.795. The van der Waals surface area contributed by atoms with Gasteiger partial charge < -0.3 is 10.5 Å². The summed E-state index contributed by atoms with van der Waals surface area (Å²) in [7, 11) is 3.31. The smallest absolute Gasteiger partial charge is 0.118 e. The first kappa shape index (κ1) is 12.6. The van der Waals surface area contributed by atoms with Crippen molar-refractivity contribution in [3.63, 3.8) is 0 Å². The summed E-state index contributed by atoms with van der Waals surface area (Å²) >= 11 is 6.08. The van der Waals surface area contributed by atoms with Crippen molar-refractivity contribution in [3.05, 3.63) is 40.6 Å². The van der Waals surface area contributed by atoms with Crippen LogP contribution in [0, 0.1) is 0 Å². The number of hydrogen-bond donors (Lipinski definition) is 1. The van der Waals surface area contributed by atoms with Gasteiger partial charge in [-0.3, -0.25) is 4.99 Å². The standard InChI is InChI=1S/C12H15ClN2O/c1-8(14)11(13)12(15-2)9-4-6-10(16-3)7-5-9/h4-7H,14H2,1-3H3. The number of rotatable bonds is 3. The van der Waals surface area contributed by atoms with Crippen LogP contribution in [0.1, 0.15) is 12.5 Å². The molecule has 0 saturated heterocycles. The van der Waals surface area contributed by atoms with E-state index in [9.17, 15) is 0 Å². The Labute approximate surface area is 101 Å². The molecule has 3 nitrogen and oxygen atoms in total. The lowest BCUT2D eigenvalue weighted by molar-refractivity contribution is 0.415. The lowest BCUT2D eigenvalue weighted by Crippen LogP contribution is -2.06. The number of methoxy groups -OCH3 is 1. The SMILES string of the molecule is CN=C(C(Cl)=C(C)N)c1ccc(OC)cc1. The van der Waals surface area contributed by atoms with Crippen molar-refractivity contribution >= 4 is 17.3 Å². The maximum Gasteiger partial charge on any atom is 0.118 e. The van der Waals surface area contributed by atoms with Gasteiger partial charge in [0.05, 0.1) is 17.9 Å². The Kier molecular flexibility index (Phi) is 4.38. The number of aliphatic imine (C=N–C) groups is 1. The van der Waals surface area contributed by atoms with E-state index in [1.807, 2.05) is 24.3 Å². The molecule has 0 heterocycles. The van der Waals surface area contributed by atoms with Gasteiger partial charge in [0.25, 0.3) is 0 Å². The average molecular weight is 239 g/mol. The maximum atomic E-state index is 6.08. The highest BCUT2D eigenvalue weighted by molar-refractivity contribution is 6.46. The van der Waals surface area contributed by atoms with Crippen molar-refractivity contribution in [2.75, 3.05) is 14.2 Å². The fraction of sp³-hybridized carbons (Fsp3) is 0.250. The third-order valence-corrected chi connectivity index (χ3v) is 2.62. The molecule has 0 radical (unpaired) electrons. The fourth-order valence-electron chi connectivity index (χ4n) is 1.29. The monoisotopic (exact) mass is 238 g/mol. The average Bonchev–Trinajstić information content (AvgIpc) is 2.30. The number of nitrogens with two attached hydrogens (primary N) is 1.